The Morgan fingerprint density at radius 1 is 0.420 bits per heavy atom. The van der Waals surface area contributed by atoms with Crippen molar-refractivity contribution in [2.75, 3.05) is 13.7 Å². The molecule has 0 N–H and O–H groups in total. The second kappa shape index (κ2) is 36.8. The number of carbonyl (C=O) groups excluding carboxylic acids is 1. The molecule has 0 heterocycles. The third kappa shape index (κ3) is 24.1. The monoisotopic (exact) mass is 1070 g/mol. The van der Waals surface area contributed by atoms with Crippen molar-refractivity contribution < 1.29 is 9.53 Å². The zero-order valence-corrected chi connectivity index (χ0v) is 49.2. The van der Waals surface area contributed by atoms with E-state index in [-0.39, 0.29) is 0 Å². The summed E-state index contributed by atoms with van der Waals surface area (Å²) in [6.45, 7) is 17.9. The van der Waals surface area contributed by atoms with Crippen LogP contribution in [0.15, 0.2) is 244 Å². The molecule has 0 aromatic heterocycles. The van der Waals surface area contributed by atoms with Crippen LogP contribution in [0.25, 0.3) is 16.7 Å². The van der Waals surface area contributed by atoms with Crippen LogP contribution in [-0.2, 0) is 41.6 Å². The molecule has 0 spiro atoms. The number of methoxy groups -OCH3 is 1. The van der Waals surface area contributed by atoms with Gasteiger partial charge in [0.1, 0.15) is 6.79 Å². The van der Waals surface area contributed by atoms with Crippen molar-refractivity contribution in [2.45, 2.75) is 122 Å². The standard InChI is InChI=1S/C42H44.C22H26O.C14H20.CH2O/c1-34(42-30-28-41(29-31-42)33-39-16-9-4-10-17-39)20-21-36(23-22-35-12-5-2-6-13-35)18-11-19-37-24-26-40(27-25-37)32-38-14-7-3-8-15-38;1-18(21-10-6-4-7-11-21)14-15-20(17-23-3)16-19(2)22-12-8-5-9-13-22;1-12-7-9-14(10-8-12)11-13-5-3-2-4-6-13;1-2/h2-10,12-17,24-31,36H,1,11,18-23,32-33H2;4-13,20H,1-2,14-17H2,3H3;7-10,13H,2-6,11H2,1H3;1H2. The predicted octanol–water partition coefficient (Wildman–Crippen LogP) is 20.7. The molecule has 8 aromatic rings. The van der Waals surface area contributed by atoms with E-state index in [9.17, 15) is 0 Å². The van der Waals surface area contributed by atoms with Crippen molar-refractivity contribution >= 4 is 23.5 Å². The smallest absolute Gasteiger partial charge is 0.106 e. The second-order valence-electron chi connectivity index (χ2n) is 22.5. The molecule has 2 atom stereocenters. The first-order valence-electron chi connectivity index (χ1n) is 30.0. The fourth-order valence-corrected chi connectivity index (χ4v) is 11.2. The Balaban J connectivity index is 0.000000225. The van der Waals surface area contributed by atoms with Gasteiger partial charge in [0.25, 0.3) is 0 Å². The lowest BCUT2D eigenvalue weighted by Gasteiger charge is -2.21. The molecule has 1 aliphatic carbocycles. The number of ether oxygens (including phenoxy) is 1. The van der Waals surface area contributed by atoms with Crippen LogP contribution in [0.1, 0.15) is 145 Å². The highest BCUT2D eigenvalue weighted by atomic mass is 16.5. The minimum Gasteiger partial charge on any atom is -0.384 e. The largest absolute Gasteiger partial charge is 0.384 e. The maximum Gasteiger partial charge on any atom is 0.106 e. The molecule has 1 aliphatic rings. The summed E-state index contributed by atoms with van der Waals surface area (Å²) in [5.41, 5.74) is 18.6. The normalized spacial score (nSPS) is 12.7. The first-order chi connectivity index (χ1) is 39.8. The Morgan fingerprint density at radius 2 is 0.815 bits per heavy atom. The van der Waals surface area contributed by atoms with Gasteiger partial charge < -0.3 is 9.53 Å². The van der Waals surface area contributed by atoms with Gasteiger partial charge in [-0.25, -0.2) is 0 Å². The van der Waals surface area contributed by atoms with E-state index >= 15 is 0 Å². The van der Waals surface area contributed by atoms with E-state index in [1.807, 2.05) is 18.9 Å². The summed E-state index contributed by atoms with van der Waals surface area (Å²) in [6.07, 6.45) is 21.9. The molecular formula is C79H92O2. The Hall–Kier alpha value is -7.39. The molecule has 9 rings (SSSR count). The number of aryl methyl sites for hydroxylation is 3. The van der Waals surface area contributed by atoms with Gasteiger partial charge in [0.05, 0.1) is 0 Å². The Morgan fingerprint density at radius 3 is 1.32 bits per heavy atom. The summed E-state index contributed by atoms with van der Waals surface area (Å²) < 4.78 is 5.41. The van der Waals surface area contributed by atoms with Gasteiger partial charge in [-0.2, -0.15) is 0 Å². The van der Waals surface area contributed by atoms with Gasteiger partial charge in [-0.3, -0.25) is 0 Å². The average molecular weight is 1070 g/mol. The summed E-state index contributed by atoms with van der Waals surface area (Å²) in [4.78, 5) is 8.00. The van der Waals surface area contributed by atoms with E-state index in [4.69, 9.17) is 9.53 Å². The van der Waals surface area contributed by atoms with Crippen LogP contribution in [0.3, 0.4) is 0 Å². The van der Waals surface area contributed by atoms with Crippen LogP contribution in [0.2, 0.25) is 0 Å². The van der Waals surface area contributed by atoms with E-state index in [0.29, 0.717) is 11.8 Å². The topological polar surface area (TPSA) is 26.3 Å². The fourth-order valence-electron chi connectivity index (χ4n) is 11.2. The molecule has 81 heavy (non-hydrogen) atoms. The van der Waals surface area contributed by atoms with Crippen molar-refractivity contribution in [2.24, 2.45) is 17.8 Å². The van der Waals surface area contributed by atoms with Crippen LogP contribution >= 0.6 is 0 Å². The first-order valence-corrected chi connectivity index (χ1v) is 30.0. The maximum atomic E-state index is 8.00. The Kier molecular flexibility index (Phi) is 28.5. The van der Waals surface area contributed by atoms with E-state index in [0.717, 1.165) is 63.9 Å². The van der Waals surface area contributed by atoms with Crippen LogP contribution in [0.5, 0.6) is 0 Å². The quantitative estimate of drug-likeness (QED) is 0.0540. The van der Waals surface area contributed by atoms with Crippen LogP contribution in [-0.4, -0.2) is 20.5 Å². The molecule has 2 nitrogen and oxygen atoms in total. The third-order valence-electron chi connectivity index (χ3n) is 16.0. The van der Waals surface area contributed by atoms with E-state index in [2.05, 4.69) is 239 Å². The zero-order chi connectivity index (χ0) is 57.1. The predicted molar refractivity (Wildman–Crippen MR) is 350 cm³/mol. The molecule has 0 radical (unpaired) electrons. The van der Waals surface area contributed by atoms with Crippen molar-refractivity contribution in [3.05, 3.63) is 305 Å². The SMILES string of the molecule is C=C(CCC(CCCc1ccc(Cc2ccccc2)cc1)CCc1ccccc1)c1ccc(Cc2ccccc2)cc1.C=C(CCC(COC)CC(=C)c1ccccc1)c1ccccc1.C=O.Cc1ccc(CC2CCCCC2)cc1. The summed E-state index contributed by atoms with van der Waals surface area (Å²) in [5.74, 6) is 2.14. The highest BCUT2D eigenvalue weighted by Gasteiger charge is 2.15. The molecule has 0 amide bonds. The average Bonchev–Trinajstić information content (AvgIpc) is 3.52. The maximum absolute atomic E-state index is 8.00. The van der Waals surface area contributed by atoms with E-state index < -0.39 is 0 Å². The fraction of sp³-hybridized carbons (Fsp3) is 0.304. The first kappa shape index (κ1) is 62.8. The Bertz CT molecular complexity index is 2940. The molecule has 0 saturated heterocycles. The van der Waals surface area contributed by atoms with Gasteiger partial charge in [-0.05, 0) is 174 Å². The number of hydrogen-bond donors (Lipinski definition) is 0. The van der Waals surface area contributed by atoms with Gasteiger partial charge in [0.2, 0.25) is 0 Å². The molecule has 8 aromatic carbocycles. The van der Waals surface area contributed by atoms with Crippen molar-refractivity contribution in [1.82, 2.24) is 0 Å². The van der Waals surface area contributed by atoms with Crippen molar-refractivity contribution in [1.29, 1.82) is 0 Å². The van der Waals surface area contributed by atoms with Crippen molar-refractivity contribution in [3.63, 3.8) is 0 Å². The minimum atomic E-state index is 0.466. The Labute approximate surface area is 489 Å². The molecule has 2 unspecified atom stereocenters. The molecule has 1 fully saturated rings. The molecular weight excluding hydrogens is 981 g/mol. The molecule has 420 valence electrons. The summed E-state index contributed by atoms with van der Waals surface area (Å²) in [6, 6.07) is 80.6. The van der Waals surface area contributed by atoms with E-state index in [1.165, 1.54) is 142 Å². The number of allylic oxidation sites excluding steroid dienone is 3. The summed E-state index contributed by atoms with van der Waals surface area (Å²) >= 11 is 0. The number of benzene rings is 8. The number of hydrogen-bond acceptors (Lipinski definition) is 2. The third-order valence-corrected chi connectivity index (χ3v) is 16.0. The van der Waals surface area contributed by atoms with E-state index in [1.54, 1.807) is 7.11 Å². The van der Waals surface area contributed by atoms with Crippen LogP contribution < -0.4 is 0 Å². The highest BCUT2D eigenvalue weighted by molar-refractivity contribution is 5.65. The molecule has 2 heteroatoms. The van der Waals surface area contributed by atoms with Gasteiger partial charge in [0, 0.05) is 13.7 Å². The highest BCUT2D eigenvalue weighted by Crippen LogP contribution is 2.30. The molecule has 0 bridgehead atoms. The lowest BCUT2D eigenvalue weighted by molar-refractivity contribution is -0.0980. The molecule has 0 aliphatic heterocycles. The summed E-state index contributed by atoms with van der Waals surface area (Å²) in [5, 5.41) is 0. The number of rotatable bonds is 26. The molecule has 1 saturated carbocycles. The van der Waals surface area contributed by atoms with Gasteiger partial charge in [0.15, 0.2) is 0 Å². The lowest BCUT2D eigenvalue weighted by Crippen LogP contribution is -2.09. The van der Waals surface area contributed by atoms with Gasteiger partial charge >= 0.3 is 0 Å². The van der Waals surface area contributed by atoms with Crippen molar-refractivity contribution in [3.8, 4) is 0 Å². The summed E-state index contributed by atoms with van der Waals surface area (Å²) in [7, 11) is 1.77. The van der Waals surface area contributed by atoms with Gasteiger partial charge in [-0.1, -0.05) is 288 Å². The lowest BCUT2D eigenvalue weighted by atomic mass is 9.85. The van der Waals surface area contributed by atoms with Crippen LogP contribution in [0, 0.1) is 24.7 Å². The van der Waals surface area contributed by atoms with Crippen LogP contribution in [0.4, 0.5) is 0 Å². The second-order valence-corrected chi connectivity index (χ2v) is 22.5. The van der Waals surface area contributed by atoms with Gasteiger partial charge in [-0.15, -0.1) is 0 Å². The zero-order valence-electron chi connectivity index (χ0n) is 49.2. The minimum absolute atomic E-state index is 0.466. The number of carbonyl (C=O) groups is 1.